The van der Waals surface area contributed by atoms with E-state index in [1.807, 2.05) is 36.5 Å². The normalized spacial score (nSPS) is 17.6. The van der Waals surface area contributed by atoms with Crippen LogP contribution in [0.15, 0.2) is 42.7 Å². The Morgan fingerprint density at radius 1 is 1.30 bits per heavy atom. The highest BCUT2D eigenvalue weighted by atomic mass is 35.5. The maximum atomic E-state index is 11.4. The van der Waals surface area contributed by atoms with E-state index in [2.05, 4.69) is 19.9 Å². The molecule has 3 heterocycles. The Hall–Kier alpha value is -2.40. The summed E-state index contributed by atoms with van der Waals surface area (Å²) in [5.41, 5.74) is 1.71. The average Bonchev–Trinajstić information content (AvgIpc) is 3.16. The molecule has 4 rings (SSSR count). The van der Waals surface area contributed by atoms with Gasteiger partial charge < -0.3 is 9.88 Å². The van der Waals surface area contributed by atoms with Crippen molar-refractivity contribution in [3.8, 4) is 11.5 Å². The van der Waals surface area contributed by atoms with Gasteiger partial charge in [-0.1, -0.05) is 17.7 Å². The number of benzene rings is 1. The van der Waals surface area contributed by atoms with E-state index >= 15 is 0 Å². The highest BCUT2D eigenvalue weighted by Gasteiger charge is 2.22. The lowest BCUT2D eigenvalue weighted by Gasteiger charge is -2.11. The maximum absolute atomic E-state index is 11.4. The van der Waals surface area contributed by atoms with E-state index in [4.69, 9.17) is 11.6 Å². The third-order valence-electron chi connectivity index (χ3n) is 4.11. The zero-order chi connectivity index (χ0) is 15.8. The Bertz CT molecular complexity index is 889. The van der Waals surface area contributed by atoms with Gasteiger partial charge in [0.2, 0.25) is 5.91 Å². The topological polar surface area (TPSA) is 59.8 Å². The number of nitrogens with one attached hydrogen (secondary N) is 1. The van der Waals surface area contributed by atoms with Crippen LogP contribution >= 0.6 is 11.6 Å². The fraction of sp³-hybridized carbons (Fsp3) is 0.235. The van der Waals surface area contributed by atoms with Crippen molar-refractivity contribution in [3.63, 3.8) is 0 Å². The van der Waals surface area contributed by atoms with Crippen molar-refractivity contribution < 1.29 is 4.79 Å². The molecule has 116 valence electrons. The molecule has 0 saturated carbocycles. The fourth-order valence-electron chi connectivity index (χ4n) is 2.98. The molecule has 1 saturated heterocycles. The second-order valence-electron chi connectivity index (χ2n) is 5.81. The lowest BCUT2D eigenvalue weighted by molar-refractivity contribution is -0.119. The molecule has 5 nitrogen and oxygen atoms in total. The predicted molar refractivity (Wildman–Crippen MR) is 89.1 cm³/mol. The van der Waals surface area contributed by atoms with Crippen molar-refractivity contribution in [2.45, 2.75) is 13.0 Å². The van der Waals surface area contributed by atoms with Gasteiger partial charge in [0.15, 0.2) is 5.82 Å². The van der Waals surface area contributed by atoms with E-state index in [0.29, 0.717) is 17.4 Å². The molecule has 1 unspecified atom stereocenters. The van der Waals surface area contributed by atoms with Crippen LogP contribution < -0.4 is 5.32 Å². The minimum atomic E-state index is 0.123. The molecule has 1 fully saturated rings. The number of hydrogen-bond donors (Lipinski definition) is 1. The molecule has 1 atom stereocenters. The number of hydrogen-bond acceptors (Lipinski definition) is 3. The molecule has 1 aliphatic rings. The van der Waals surface area contributed by atoms with Gasteiger partial charge in [-0.2, -0.15) is 0 Å². The second-order valence-corrected chi connectivity index (χ2v) is 6.25. The molecule has 0 aliphatic carbocycles. The Kier molecular flexibility index (Phi) is 3.50. The van der Waals surface area contributed by atoms with Crippen molar-refractivity contribution in [1.82, 2.24) is 19.9 Å². The summed E-state index contributed by atoms with van der Waals surface area (Å²) in [7, 11) is 0. The quantitative estimate of drug-likeness (QED) is 0.805. The van der Waals surface area contributed by atoms with Gasteiger partial charge in [0.25, 0.3) is 0 Å². The largest absolute Gasteiger partial charge is 0.356 e. The first kappa shape index (κ1) is 14.2. The summed E-state index contributed by atoms with van der Waals surface area (Å²) in [6, 6.07) is 9.60. The molecule has 3 aromatic rings. The van der Waals surface area contributed by atoms with E-state index < -0.39 is 0 Å². The van der Waals surface area contributed by atoms with Crippen molar-refractivity contribution >= 4 is 28.4 Å². The molecule has 1 N–H and O–H groups in total. The van der Waals surface area contributed by atoms with Crippen LogP contribution in [-0.2, 0) is 11.3 Å². The summed E-state index contributed by atoms with van der Waals surface area (Å²) in [5.74, 6) is 1.24. The molecule has 6 heteroatoms. The number of halogens is 1. The summed E-state index contributed by atoms with van der Waals surface area (Å²) < 4.78 is 2.06. The van der Waals surface area contributed by atoms with Crippen LogP contribution in [0.5, 0.6) is 0 Å². The lowest BCUT2D eigenvalue weighted by atomic mass is 10.1. The summed E-state index contributed by atoms with van der Waals surface area (Å²) in [4.78, 5) is 20.5. The zero-order valence-electron chi connectivity index (χ0n) is 12.4. The number of aromatic nitrogens is 3. The molecule has 2 aromatic heterocycles. The second kappa shape index (κ2) is 5.66. The summed E-state index contributed by atoms with van der Waals surface area (Å²) in [6.45, 7) is 1.48. The average molecular weight is 327 g/mol. The summed E-state index contributed by atoms with van der Waals surface area (Å²) in [5, 5.41) is 4.58. The van der Waals surface area contributed by atoms with Gasteiger partial charge in [-0.3, -0.25) is 4.79 Å². The summed E-state index contributed by atoms with van der Waals surface area (Å²) in [6.07, 6.45) is 4.28. The molecule has 0 radical (unpaired) electrons. The molecule has 23 heavy (non-hydrogen) atoms. The Labute approximate surface area is 138 Å². The monoisotopic (exact) mass is 326 g/mol. The van der Waals surface area contributed by atoms with Crippen molar-refractivity contribution in [2.24, 2.45) is 5.92 Å². The van der Waals surface area contributed by atoms with Crippen molar-refractivity contribution in [1.29, 1.82) is 0 Å². The third-order valence-corrected chi connectivity index (χ3v) is 4.35. The number of amides is 1. The maximum Gasteiger partial charge on any atom is 0.220 e. The first-order valence-corrected chi connectivity index (χ1v) is 7.91. The SMILES string of the molecule is O=C1CC(Cn2ccnc2-c2ccc3cc(Cl)ccc3n2)CN1. The smallest absolute Gasteiger partial charge is 0.220 e. The van der Waals surface area contributed by atoms with Gasteiger partial charge >= 0.3 is 0 Å². The number of pyridine rings is 1. The number of carbonyl (C=O) groups is 1. The van der Waals surface area contributed by atoms with Gasteiger partial charge in [-0.15, -0.1) is 0 Å². The van der Waals surface area contributed by atoms with Gasteiger partial charge in [0, 0.05) is 48.2 Å². The molecule has 1 aliphatic heterocycles. The van der Waals surface area contributed by atoms with Crippen molar-refractivity contribution in [3.05, 3.63) is 47.7 Å². The predicted octanol–water partition coefficient (Wildman–Crippen LogP) is 2.89. The highest BCUT2D eigenvalue weighted by Crippen LogP contribution is 2.23. The number of imidazole rings is 1. The third kappa shape index (κ3) is 2.80. The van der Waals surface area contributed by atoms with E-state index in [0.717, 1.165) is 35.5 Å². The fourth-order valence-corrected chi connectivity index (χ4v) is 3.16. The molecule has 1 amide bonds. The van der Waals surface area contributed by atoms with Crippen LogP contribution in [0, 0.1) is 5.92 Å². The number of nitrogens with zero attached hydrogens (tertiary/aromatic N) is 3. The van der Waals surface area contributed by atoms with Crippen LogP contribution in [0.2, 0.25) is 5.02 Å². The molecular formula is C17H15ClN4O. The van der Waals surface area contributed by atoms with Crippen LogP contribution in [0.25, 0.3) is 22.4 Å². The molecule has 1 aromatic carbocycles. The Morgan fingerprint density at radius 3 is 3.04 bits per heavy atom. The standard InChI is InChI=1S/C17H15ClN4O/c18-13-2-4-14-12(8-13)1-3-15(21-14)17-19-5-6-22(17)10-11-7-16(23)20-9-11/h1-6,8,11H,7,9-10H2,(H,20,23). The Balaban J connectivity index is 1.67. The van der Waals surface area contributed by atoms with Crippen LogP contribution in [-0.4, -0.2) is 27.0 Å². The highest BCUT2D eigenvalue weighted by molar-refractivity contribution is 6.31. The molecular weight excluding hydrogens is 312 g/mol. The lowest BCUT2D eigenvalue weighted by Crippen LogP contribution is -2.16. The van der Waals surface area contributed by atoms with Gasteiger partial charge in [-0.05, 0) is 24.3 Å². The number of rotatable bonds is 3. The minimum absolute atomic E-state index is 0.123. The van der Waals surface area contributed by atoms with Crippen molar-refractivity contribution in [2.75, 3.05) is 6.54 Å². The van der Waals surface area contributed by atoms with Gasteiger partial charge in [-0.25, -0.2) is 9.97 Å². The first-order chi connectivity index (χ1) is 11.2. The number of fused-ring (bicyclic) bond motifs is 1. The Morgan fingerprint density at radius 2 is 2.22 bits per heavy atom. The molecule has 0 bridgehead atoms. The minimum Gasteiger partial charge on any atom is -0.356 e. The van der Waals surface area contributed by atoms with Crippen LogP contribution in [0.3, 0.4) is 0 Å². The van der Waals surface area contributed by atoms with E-state index in [1.54, 1.807) is 6.20 Å². The number of carbonyl (C=O) groups excluding carboxylic acids is 1. The van der Waals surface area contributed by atoms with Gasteiger partial charge in [0.05, 0.1) is 5.52 Å². The van der Waals surface area contributed by atoms with E-state index in [-0.39, 0.29) is 5.91 Å². The van der Waals surface area contributed by atoms with E-state index in [1.165, 1.54) is 0 Å². The molecule has 0 spiro atoms. The zero-order valence-corrected chi connectivity index (χ0v) is 13.1. The van der Waals surface area contributed by atoms with E-state index in [9.17, 15) is 4.79 Å². The first-order valence-electron chi connectivity index (χ1n) is 7.53. The van der Waals surface area contributed by atoms with Crippen LogP contribution in [0.4, 0.5) is 0 Å². The summed E-state index contributed by atoms with van der Waals surface area (Å²) >= 11 is 6.01. The van der Waals surface area contributed by atoms with Crippen LogP contribution in [0.1, 0.15) is 6.42 Å². The van der Waals surface area contributed by atoms with Gasteiger partial charge in [0.1, 0.15) is 5.69 Å².